The van der Waals surface area contributed by atoms with Crippen LogP contribution in [0.4, 0.5) is 0 Å². The monoisotopic (exact) mass is 211 g/mol. The molecule has 1 atom stereocenters. The Morgan fingerprint density at radius 2 is 2.33 bits per heavy atom. The second kappa shape index (κ2) is 4.43. The molecule has 0 aromatic heterocycles. The Morgan fingerprint density at radius 3 is 2.73 bits per heavy atom. The average Bonchev–Trinajstić information content (AvgIpc) is 2.53. The molecule has 15 heavy (non-hydrogen) atoms. The fraction of sp³-hybridized carbons (Fsp3) is 0.600. The minimum atomic E-state index is -0.669. The minimum absolute atomic E-state index is 0.0659. The lowest BCUT2D eigenvalue weighted by Crippen LogP contribution is -2.21. The van der Waals surface area contributed by atoms with E-state index in [1.54, 1.807) is 19.9 Å². The van der Waals surface area contributed by atoms with Gasteiger partial charge in [0.1, 0.15) is 17.7 Å². The first-order valence-corrected chi connectivity index (χ1v) is 4.50. The summed E-state index contributed by atoms with van der Waals surface area (Å²) in [6.07, 6.45) is 1.04. The highest BCUT2D eigenvalue weighted by Gasteiger charge is 2.32. The van der Waals surface area contributed by atoms with Gasteiger partial charge in [0, 0.05) is 0 Å². The van der Waals surface area contributed by atoms with Crippen molar-refractivity contribution >= 4 is 5.97 Å². The van der Waals surface area contributed by atoms with Gasteiger partial charge in [0.05, 0.1) is 13.7 Å². The maximum atomic E-state index is 11.1. The van der Waals surface area contributed by atoms with Crippen LogP contribution in [-0.4, -0.2) is 31.6 Å². The Labute approximate surface area is 88.2 Å². The number of rotatable bonds is 2. The number of nitriles is 1. The van der Waals surface area contributed by atoms with Gasteiger partial charge < -0.3 is 14.2 Å². The van der Waals surface area contributed by atoms with Gasteiger partial charge in [0.25, 0.3) is 0 Å². The van der Waals surface area contributed by atoms with Crippen molar-refractivity contribution in [3.63, 3.8) is 0 Å². The van der Waals surface area contributed by atoms with Crippen molar-refractivity contribution in [1.82, 2.24) is 0 Å². The number of ether oxygens (including phenoxy) is 3. The maximum absolute atomic E-state index is 11.1. The molecule has 0 amide bonds. The van der Waals surface area contributed by atoms with Crippen molar-refractivity contribution in [1.29, 1.82) is 5.26 Å². The molecule has 1 aliphatic heterocycles. The Kier molecular flexibility index (Phi) is 3.45. The van der Waals surface area contributed by atoms with E-state index < -0.39 is 11.8 Å². The summed E-state index contributed by atoms with van der Waals surface area (Å²) in [5, 5.41) is 8.70. The molecule has 1 aliphatic rings. The minimum Gasteiger partial charge on any atom is -0.465 e. The molecule has 5 nitrogen and oxygen atoms in total. The zero-order valence-electron chi connectivity index (χ0n) is 8.94. The van der Waals surface area contributed by atoms with E-state index in [2.05, 4.69) is 4.74 Å². The second-order valence-electron chi connectivity index (χ2n) is 3.55. The quantitative estimate of drug-likeness (QED) is 0.383. The summed E-state index contributed by atoms with van der Waals surface area (Å²) in [4.78, 5) is 11.1. The van der Waals surface area contributed by atoms with Crippen molar-refractivity contribution in [2.24, 2.45) is 0 Å². The third-order valence-electron chi connectivity index (χ3n) is 1.91. The molecule has 0 aromatic carbocycles. The molecule has 5 heteroatoms. The Balaban J connectivity index is 2.71. The molecule has 0 spiro atoms. The Bertz CT molecular complexity index is 327. The van der Waals surface area contributed by atoms with E-state index in [1.807, 2.05) is 0 Å². The molecule has 1 heterocycles. The van der Waals surface area contributed by atoms with E-state index in [4.69, 9.17) is 14.7 Å². The van der Waals surface area contributed by atoms with Gasteiger partial charge in [-0.2, -0.15) is 5.26 Å². The Morgan fingerprint density at radius 1 is 1.67 bits per heavy atom. The topological polar surface area (TPSA) is 68.6 Å². The molecule has 1 rings (SSSR count). The van der Waals surface area contributed by atoms with Crippen molar-refractivity contribution < 1.29 is 19.0 Å². The van der Waals surface area contributed by atoms with Gasteiger partial charge in [-0.3, -0.25) is 0 Å². The molecule has 0 N–H and O–H groups in total. The van der Waals surface area contributed by atoms with E-state index in [9.17, 15) is 4.79 Å². The first-order chi connectivity index (χ1) is 6.98. The van der Waals surface area contributed by atoms with Crippen molar-refractivity contribution in [3.8, 4) is 6.07 Å². The van der Waals surface area contributed by atoms with Crippen LogP contribution in [-0.2, 0) is 19.0 Å². The number of carbonyl (C=O) groups excluding carboxylic acids is 1. The molecule has 1 fully saturated rings. The van der Waals surface area contributed by atoms with Crippen LogP contribution < -0.4 is 0 Å². The fourth-order valence-corrected chi connectivity index (χ4v) is 1.24. The molecule has 1 unspecified atom stereocenters. The van der Waals surface area contributed by atoms with Gasteiger partial charge in [-0.1, -0.05) is 0 Å². The number of methoxy groups -OCH3 is 1. The van der Waals surface area contributed by atoms with Gasteiger partial charge in [0.15, 0.2) is 5.79 Å². The summed E-state index contributed by atoms with van der Waals surface area (Å²) < 4.78 is 15.1. The van der Waals surface area contributed by atoms with Gasteiger partial charge in [-0.25, -0.2) is 4.79 Å². The van der Waals surface area contributed by atoms with Crippen LogP contribution in [0.3, 0.4) is 0 Å². The fourth-order valence-electron chi connectivity index (χ4n) is 1.24. The van der Waals surface area contributed by atoms with Crippen molar-refractivity contribution in [2.45, 2.75) is 25.7 Å². The van der Waals surface area contributed by atoms with Crippen LogP contribution in [0.5, 0.6) is 0 Å². The highest BCUT2D eigenvalue weighted by Crippen LogP contribution is 2.23. The van der Waals surface area contributed by atoms with Crippen LogP contribution >= 0.6 is 0 Å². The van der Waals surface area contributed by atoms with E-state index in [0.29, 0.717) is 6.61 Å². The summed E-state index contributed by atoms with van der Waals surface area (Å²) in [5.74, 6) is -1.33. The van der Waals surface area contributed by atoms with E-state index >= 15 is 0 Å². The van der Waals surface area contributed by atoms with Gasteiger partial charge in [-0.05, 0) is 19.9 Å². The van der Waals surface area contributed by atoms with E-state index in [-0.39, 0.29) is 11.7 Å². The second-order valence-corrected chi connectivity index (χ2v) is 3.55. The lowest BCUT2D eigenvalue weighted by Gasteiger charge is -2.15. The molecule has 0 aliphatic carbocycles. The molecule has 82 valence electrons. The van der Waals surface area contributed by atoms with Crippen LogP contribution in [0.25, 0.3) is 0 Å². The largest absolute Gasteiger partial charge is 0.465 e. The average molecular weight is 211 g/mol. The number of nitrogens with zero attached hydrogens (tertiary/aromatic N) is 1. The van der Waals surface area contributed by atoms with Gasteiger partial charge in [0.2, 0.25) is 0 Å². The van der Waals surface area contributed by atoms with Crippen LogP contribution in [0.1, 0.15) is 13.8 Å². The summed E-state index contributed by atoms with van der Waals surface area (Å²) in [6.45, 7) is 3.87. The molecular formula is C10H13NO4. The van der Waals surface area contributed by atoms with Gasteiger partial charge >= 0.3 is 5.97 Å². The maximum Gasteiger partial charge on any atom is 0.348 e. The highest BCUT2D eigenvalue weighted by molar-refractivity contribution is 5.92. The first kappa shape index (κ1) is 11.7. The summed E-state index contributed by atoms with van der Waals surface area (Å²) in [7, 11) is 1.23. The molecule has 0 radical (unpaired) electrons. The smallest absolute Gasteiger partial charge is 0.348 e. The third kappa shape index (κ3) is 3.05. The third-order valence-corrected chi connectivity index (χ3v) is 1.91. The van der Waals surface area contributed by atoms with Crippen LogP contribution in [0.2, 0.25) is 0 Å². The Hall–Kier alpha value is -1.38. The predicted molar refractivity (Wildman–Crippen MR) is 50.6 cm³/mol. The zero-order valence-corrected chi connectivity index (χ0v) is 8.94. The number of hydrogen-bond donors (Lipinski definition) is 0. The summed E-state index contributed by atoms with van der Waals surface area (Å²) in [6, 6.07) is 1.76. The molecule has 0 saturated carbocycles. The van der Waals surface area contributed by atoms with Crippen molar-refractivity contribution in [2.75, 3.05) is 13.7 Å². The lowest BCUT2D eigenvalue weighted by atomic mass is 10.2. The number of carbonyl (C=O) groups is 1. The lowest BCUT2D eigenvalue weighted by molar-refractivity contribution is -0.137. The molecule has 0 aromatic rings. The van der Waals surface area contributed by atoms with Crippen LogP contribution in [0, 0.1) is 11.3 Å². The molecule has 0 bridgehead atoms. The zero-order chi connectivity index (χ0) is 11.5. The summed E-state index contributed by atoms with van der Waals surface area (Å²) >= 11 is 0. The SMILES string of the molecule is COC(=O)/C(C#N)=C/C1COC(C)(C)O1. The first-order valence-electron chi connectivity index (χ1n) is 4.50. The van der Waals surface area contributed by atoms with Gasteiger partial charge in [-0.15, -0.1) is 0 Å². The number of hydrogen-bond acceptors (Lipinski definition) is 5. The highest BCUT2D eigenvalue weighted by atomic mass is 16.7. The van der Waals surface area contributed by atoms with E-state index in [0.717, 1.165) is 0 Å². The standard InChI is InChI=1S/C10H13NO4/c1-10(2)14-6-8(15-10)4-7(5-11)9(12)13-3/h4,8H,6H2,1-3H3/b7-4+. The summed E-state index contributed by atoms with van der Waals surface area (Å²) in [5.41, 5.74) is -0.0659. The predicted octanol–water partition coefficient (Wildman–Crippen LogP) is 0.761. The normalized spacial score (nSPS) is 24.7. The number of esters is 1. The molecule has 1 saturated heterocycles. The van der Waals surface area contributed by atoms with Crippen LogP contribution in [0.15, 0.2) is 11.6 Å². The molecular weight excluding hydrogens is 198 g/mol. The van der Waals surface area contributed by atoms with Crippen molar-refractivity contribution in [3.05, 3.63) is 11.6 Å². The van der Waals surface area contributed by atoms with E-state index in [1.165, 1.54) is 13.2 Å².